The Hall–Kier alpha value is -1.17. The molecule has 0 aromatic heterocycles. The van der Waals surface area contributed by atoms with Crippen molar-refractivity contribution < 1.29 is 89.0 Å². The van der Waals surface area contributed by atoms with Gasteiger partial charge in [0.25, 0.3) is 5.79 Å². The van der Waals surface area contributed by atoms with Crippen LogP contribution in [0.1, 0.15) is 6.92 Å². The van der Waals surface area contributed by atoms with E-state index in [1.807, 2.05) is 0 Å². The normalized spacial score (nSPS) is 52.7. The van der Waals surface area contributed by atoms with E-state index in [0.29, 0.717) is 0 Å². The zero-order valence-corrected chi connectivity index (χ0v) is 20.5. The van der Waals surface area contributed by atoms with Crippen molar-refractivity contribution in [3.8, 4) is 0 Å². The van der Waals surface area contributed by atoms with Gasteiger partial charge in [-0.15, -0.1) is 0 Å². The van der Waals surface area contributed by atoms with Crippen LogP contribution in [-0.2, 0) is 38.0 Å². The summed E-state index contributed by atoms with van der Waals surface area (Å²) in [7, 11) is 0. The van der Waals surface area contributed by atoms with Gasteiger partial charge in [0, 0.05) is 6.92 Å². The second-order valence-corrected chi connectivity index (χ2v) is 9.81. The van der Waals surface area contributed by atoms with E-state index in [9.17, 15) is 55.9 Å². The minimum absolute atomic E-state index is 0.395. The summed E-state index contributed by atoms with van der Waals surface area (Å²) >= 11 is 0. The number of aliphatic carboxylic acids is 1. The number of carboxylic acid groups (broad SMARTS) is 1. The number of carboxylic acids is 1. The topological polar surface area (TPSA) is 284 Å². The molecule has 0 saturated carbocycles. The molecule has 4 aliphatic heterocycles. The SMILES string of the molecule is C[C@]1(C(=O)O)OC[C@H]2O[C@H](O[C@@H]3[C@H](O[C@@H]4O[C@H](CO)[C@@H](O)[C@H](O)[C@H]4O)[C@@H](O)[C@H](O)O[C@@H]3CO)[C@H](O)[C@@H](O)[C@H]2O1. The van der Waals surface area contributed by atoms with Crippen LogP contribution in [0.25, 0.3) is 0 Å². The number of fused-ring (bicyclic) bond motifs is 1. The number of aliphatic hydroxyl groups excluding tert-OH is 9. The fourth-order valence-electron chi connectivity index (χ4n) is 4.81. The lowest BCUT2D eigenvalue weighted by Gasteiger charge is -2.50. The number of carbonyl (C=O) groups is 1. The van der Waals surface area contributed by atoms with E-state index in [2.05, 4.69) is 0 Å². The summed E-state index contributed by atoms with van der Waals surface area (Å²) in [4.78, 5) is 11.5. The van der Waals surface area contributed by atoms with Crippen molar-refractivity contribution in [1.29, 1.82) is 0 Å². The Labute approximate surface area is 220 Å². The number of ether oxygens (including phenoxy) is 7. The standard InChI is InChI=1S/C21H34O18/c1-21(20(31)32)33-4-7-14(39-21)10(26)12(28)19(36-7)37-15-6(3-23)34-17(30)13(29)16(15)38-18-11(27)9(25)8(24)5(2-22)35-18/h5-19,22-30H,2-4H2,1H3,(H,31,32)/t5-,6-,7-,8-,9+,10-,11-,12-,13-,14+,15+,16-,17-,18+,19-,21+/m1/s1. The van der Waals surface area contributed by atoms with Crippen LogP contribution >= 0.6 is 0 Å². The Kier molecular flexibility index (Phi) is 9.45. The van der Waals surface area contributed by atoms with Crippen molar-refractivity contribution in [3.05, 3.63) is 0 Å². The minimum atomic E-state index is -2.12. The van der Waals surface area contributed by atoms with Gasteiger partial charge in [-0.1, -0.05) is 0 Å². The third-order valence-corrected chi connectivity index (χ3v) is 7.16. The Bertz CT molecular complexity index is 844. The molecule has 4 rings (SSSR count). The Morgan fingerprint density at radius 2 is 1.36 bits per heavy atom. The van der Waals surface area contributed by atoms with E-state index >= 15 is 0 Å². The maximum absolute atomic E-state index is 11.5. The molecule has 0 aliphatic carbocycles. The molecule has 4 heterocycles. The minimum Gasteiger partial charge on any atom is -0.477 e. The molecule has 0 aromatic carbocycles. The van der Waals surface area contributed by atoms with Crippen LogP contribution in [0.2, 0.25) is 0 Å². The van der Waals surface area contributed by atoms with Crippen molar-refractivity contribution >= 4 is 5.97 Å². The van der Waals surface area contributed by atoms with E-state index in [0.717, 1.165) is 6.92 Å². The van der Waals surface area contributed by atoms with Gasteiger partial charge in [-0.05, 0) is 0 Å². The second-order valence-electron chi connectivity index (χ2n) is 9.81. The number of rotatable bonds is 7. The molecule has 18 heteroatoms. The zero-order valence-electron chi connectivity index (χ0n) is 20.5. The molecule has 0 spiro atoms. The number of aliphatic hydroxyl groups is 9. The lowest BCUT2D eigenvalue weighted by atomic mass is 9.95. The van der Waals surface area contributed by atoms with Gasteiger partial charge in [0.15, 0.2) is 18.9 Å². The molecule has 226 valence electrons. The predicted octanol–water partition coefficient (Wildman–Crippen LogP) is -6.71. The first-order valence-corrected chi connectivity index (χ1v) is 12.1. The van der Waals surface area contributed by atoms with Crippen LogP contribution in [-0.4, -0.2) is 175 Å². The van der Waals surface area contributed by atoms with Gasteiger partial charge >= 0.3 is 5.97 Å². The first-order valence-electron chi connectivity index (χ1n) is 12.1. The molecule has 0 aromatic rings. The number of hydrogen-bond donors (Lipinski definition) is 10. The molecule has 39 heavy (non-hydrogen) atoms. The van der Waals surface area contributed by atoms with Crippen molar-refractivity contribution in [1.82, 2.24) is 0 Å². The fraction of sp³-hybridized carbons (Fsp3) is 0.952. The maximum atomic E-state index is 11.5. The van der Waals surface area contributed by atoms with Crippen LogP contribution in [0.15, 0.2) is 0 Å². The third kappa shape index (κ3) is 5.79. The highest BCUT2D eigenvalue weighted by atomic mass is 16.8. The van der Waals surface area contributed by atoms with E-state index in [1.165, 1.54) is 0 Å². The second kappa shape index (κ2) is 12.0. The summed E-state index contributed by atoms with van der Waals surface area (Å²) in [5.41, 5.74) is 0. The first kappa shape index (κ1) is 30.8. The summed E-state index contributed by atoms with van der Waals surface area (Å²) in [6.07, 6.45) is -25.1. The van der Waals surface area contributed by atoms with Gasteiger partial charge in [0.2, 0.25) is 0 Å². The van der Waals surface area contributed by atoms with Gasteiger partial charge < -0.3 is 84.2 Å². The van der Waals surface area contributed by atoms with E-state index in [1.54, 1.807) is 0 Å². The average molecular weight is 574 g/mol. The number of hydrogen-bond acceptors (Lipinski definition) is 17. The predicted molar refractivity (Wildman–Crippen MR) is 115 cm³/mol. The van der Waals surface area contributed by atoms with Gasteiger partial charge in [-0.3, -0.25) is 0 Å². The van der Waals surface area contributed by atoms with Crippen molar-refractivity contribution in [2.45, 2.75) is 105 Å². The smallest absolute Gasteiger partial charge is 0.364 e. The van der Waals surface area contributed by atoms with E-state index in [4.69, 9.17) is 33.2 Å². The lowest BCUT2D eigenvalue weighted by molar-refractivity contribution is -0.404. The van der Waals surface area contributed by atoms with Gasteiger partial charge in [-0.2, -0.15) is 0 Å². The molecular weight excluding hydrogens is 540 g/mol. The van der Waals surface area contributed by atoms with Crippen LogP contribution < -0.4 is 0 Å². The van der Waals surface area contributed by atoms with Gasteiger partial charge in [0.05, 0.1) is 19.8 Å². The fourth-order valence-corrected chi connectivity index (χ4v) is 4.81. The molecule has 0 amide bonds. The molecular formula is C21H34O18. The average Bonchev–Trinajstić information content (AvgIpc) is 2.91. The van der Waals surface area contributed by atoms with Crippen LogP contribution in [0.3, 0.4) is 0 Å². The molecule has 10 N–H and O–H groups in total. The van der Waals surface area contributed by atoms with Crippen LogP contribution in [0, 0.1) is 0 Å². The van der Waals surface area contributed by atoms with E-state index in [-0.39, 0.29) is 0 Å². The van der Waals surface area contributed by atoms with Crippen LogP contribution in [0.4, 0.5) is 0 Å². The van der Waals surface area contributed by atoms with Crippen LogP contribution in [0.5, 0.6) is 0 Å². The summed E-state index contributed by atoms with van der Waals surface area (Å²) in [5, 5.41) is 101. The van der Waals surface area contributed by atoms with Gasteiger partial charge in [0.1, 0.15) is 73.2 Å². The maximum Gasteiger partial charge on any atom is 0.364 e. The molecule has 16 atom stereocenters. The summed E-state index contributed by atoms with van der Waals surface area (Å²) < 4.78 is 37.9. The van der Waals surface area contributed by atoms with Crippen molar-refractivity contribution in [2.24, 2.45) is 0 Å². The molecule has 4 aliphatic rings. The third-order valence-electron chi connectivity index (χ3n) is 7.16. The molecule has 0 radical (unpaired) electrons. The molecule has 0 bridgehead atoms. The highest BCUT2D eigenvalue weighted by Crippen LogP contribution is 2.36. The van der Waals surface area contributed by atoms with Gasteiger partial charge in [-0.25, -0.2) is 4.79 Å². The highest BCUT2D eigenvalue weighted by Gasteiger charge is 2.57. The van der Waals surface area contributed by atoms with E-state index < -0.39 is 124 Å². The molecule has 4 saturated heterocycles. The Balaban J connectivity index is 1.54. The first-order chi connectivity index (χ1) is 18.3. The van der Waals surface area contributed by atoms with Crippen molar-refractivity contribution in [3.63, 3.8) is 0 Å². The Morgan fingerprint density at radius 1 is 0.769 bits per heavy atom. The zero-order chi connectivity index (χ0) is 28.8. The molecule has 18 nitrogen and oxygen atoms in total. The van der Waals surface area contributed by atoms with Crippen molar-refractivity contribution in [2.75, 3.05) is 19.8 Å². The summed E-state index contributed by atoms with van der Waals surface area (Å²) in [6, 6.07) is 0. The molecule has 0 unspecified atom stereocenters. The Morgan fingerprint density at radius 3 is 1.97 bits per heavy atom. The lowest BCUT2D eigenvalue weighted by Crippen LogP contribution is -2.69. The molecule has 4 fully saturated rings. The highest BCUT2D eigenvalue weighted by molar-refractivity contribution is 5.75. The summed E-state index contributed by atoms with van der Waals surface area (Å²) in [6.45, 7) is -0.903. The monoisotopic (exact) mass is 574 g/mol. The largest absolute Gasteiger partial charge is 0.477 e. The quantitative estimate of drug-likeness (QED) is 0.135. The summed E-state index contributed by atoms with van der Waals surface area (Å²) in [5.74, 6) is -3.60.